The van der Waals surface area contributed by atoms with E-state index in [-0.39, 0.29) is 11.1 Å². The van der Waals surface area contributed by atoms with E-state index in [0.717, 1.165) is 37.6 Å². The van der Waals surface area contributed by atoms with E-state index in [1.165, 1.54) is 5.69 Å². The van der Waals surface area contributed by atoms with Gasteiger partial charge in [-0.3, -0.25) is 4.79 Å². The third kappa shape index (κ3) is 4.45. The van der Waals surface area contributed by atoms with Crippen molar-refractivity contribution < 1.29 is 9.53 Å². The fourth-order valence-corrected chi connectivity index (χ4v) is 3.01. The van der Waals surface area contributed by atoms with Crippen LogP contribution in [0.25, 0.3) is 0 Å². The zero-order valence-corrected chi connectivity index (χ0v) is 15.7. The van der Waals surface area contributed by atoms with E-state index in [2.05, 4.69) is 32.7 Å². The second kappa shape index (κ2) is 8.38. The highest BCUT2D eigenvalue weighted by Gasteiger charge is 2.16. The van der Waals surface area contributed by atoms with Gasteiger partial charge in [0.15, 0.2) is 5.15 Å². The summed E-state index contributed by atoms with van der Waals surface area (Å²) in [5.74, 6) is -0.170. The van der Waals surface area contributed by atoms with Gasteiger partial charge in [0.05, 0.1) is 18.9 Å². The van der Waals surface area contributed by atoms with Crippen molar-refractivity contribution in [2.24, 2.45) is 0 Å². The number of pyridine rings is 1. The van der Waals surface area contributed by atoms with Crippen molar-refractivity contribution in [3.8, 4) is 0 Å². The minimum Gasteiger partial charge on any atom is -0.378 e. The first kappa shape index (κ1) is 18.5. The third-order valence-corrected chi connectivity index (χ3v) is 4.67. The summed E-state index contributed by atoms with van der Waals surface area (Å²) < 4.78 is 5.40. The van der Waals surface area contributed by atoms with Crippen LogP contribution in [0.1, 0.15) is 12.5 Å². The summed E-state index contributed by atoms with van der Waals surface area (Å²) in [6.07, 6.45) is 1.58. The number of hydrogen-bond donors (Lipinski definition) is 2. The molecule has 0 saturated carbocycles. The Labute approximate surface area is 158 Å². The summed E-state index contributed by atoms with van der Waals surface area (Å²) in [6.45, 7) is 7.16. The highest BCUT2D eigenvalue weighted by molar-refractivity contribution is 6.32. The smallest absolute Gasteiger partial charge is 0.246 e. The molecule has 0 spiro atoms. The Hall–Kier alpha value is -2.31. The molecule has 3 rings (SSSR count). The minimum atomic E-state index is -0.417. The fourth-order valence-electron chi connectivity index (χ4n) is 2.85. The molecule has 1 aliphatic heterocycles. The van der Waals surface area contributed by atoms with Gasteiger partial charge < -0.3 is 20.3 Å². The lowest BCUT2D eigenvalue weighted by molar-refractivity contribution is -0.116. The SMILES string of the molecule is Cc1cc(N2CCOCC2)ccc1N[C@@H](C)C(=O)Nc1cccnc1Cl. The molecular weight excluding hydrogens is 352 g/mol. The number of amides is 1. The van der Waals surface area contributed by atoms with E-state index in [4.69, 9.17) is 16.3 Å². The molecule has 138 valence electrons. The quantitative estimate of drug-likeness (QED) is 0.786. The number of aromatic nitrogens is 1. The zero-order chi connectivity index (χ0) is 18.5. The maximum atomic E-state index is 12.4. The van der Waals surface area contributed by atoms with Crippen LogP contribution in [0.4, 0.5) is 17.1 Å². The van der Waals surface area contributed by atoms with Crippen LogP contribution in [-0.4, -0.2) is 43.2 Å². The van der Waals surface area contributed by atoms with Gasteiger partial charge in [-0.25, -0.2) is 4.98 Å². The Kier molecular flexibility index (Phi) is 5.96. The zero-order valence-electron chi connectivity index (χ0n) is 15.0. The van der Waals surface area contributed by atoms with Crippen LogP contribution < -0.4 is 15.5 Å². The number of ether oxygens (including phenoxy) is 1. The van der Waals surface area contributed by atoms with Gasteiger partial charge in [-0.2, -0.15) is 0 Å². The number of hydrogen-bond acceptors (Lipinski definition) is 5. The van der Waals surface area contributed by atoms with Gasteiger partial charge in [0.1, 0.15) is 6.04 Å². The van der Waals surface area contributed by atoms with Crippen LogP contribution in [0.2, 0.25) is 5.15 Å². The van der Waals surface area contributed by atoms with E-state index < -0.39 is 6.04 Å². The van der Waals surface area contributed by atoms with Crippen molar-refractivity contribution in [1.82, 2.24) is 4.98 Å². The average Bonchev–Trinajstić information content (AvgIpc) is 2.66. The van der Waals surface area contributed by atoms with Crippen LogP contribution in [0, 0.1) is 6.92 Å². The Morgan fingerprint density at radius 2 is 2.04 bits per heavy atom. The first-order valence-corrected chi connectivity index (χ1v) is 9.03. The molecule has 1 aliphatic rings. The Balaban J connectivity index is 1.64. The van der Waals surface area contributed by atoms with Gasteiger partial charge >= 0.3 is 0 Å². The molecule has 1 aromatic heterocycles. The highest BCUT2D eigenvalue weighted by Crippen LogP contribution is 2.24. The number of carbonyl (C=O) groups is 1. The minimum absolute atomic E-state index is 0.170. The lowest BCUT2D eigenvalue weighted by Crippen LogP contribution is -2.36. The second-order valence-electron chi connectivity index (χ2n) is 6.30. The summed E-state index contributed by atoms with van der Waals surface area (Å²) in [4.78, 5) is 18.7. The number of benzene rings is 1. The van der Waals surface area contributed by atoms with Crippen LogP contribution >= 0.6 is 11.6 Å². The molecule has 2 heterocycles. The van der Waals surface area contributed by atoms with E-state index in [1.807, 2.05) is 19.9 Å². The van der Waals surface area contributed by atoms with Crippen molar-refractivity contribution >= 4 is 34.6 Å². The van der Waals surface area contributed by atoms with Gasteiger partial charge in [0.25, 0.3) is 0 Å². The molecule has 0 aliphatic carbocycles. The summed E-state index contributed by atoms with van der Waals surface area (Å²) in [5, 5.41) is 6.33. The maximum Gasteiger partial charge on any atom is 0.246 e. The fraction of sp³-hybridized carbons (Fsp3) is 0.368. The molecule has 1 aromatic carbocycles. The molecular formula is C19H23ClN4O2. The van der Waals surface area contributed by atoms with E-state index >= 15 is 0 Å². The molecule has 1 saturated heterocycles. The molecule has 1 atom stereocenters. The number of nitrogens with zero attached hydrogens (tertiary/aromatic N) is 2. The number of anilines is 3. The maximum absolute atomic E-state index is 12.4. The first-order chi connectivity index (χ1) is 12.5. The predicted octanol–water partition coefficient (Wildman–Crippen LogP) is 3.32. The van der Waals surface area contributed by atoms with Gasteiger partial charge in [-0.15, -0.1) is 0 Å². The van der Waals surface area contributed by atoms with Crippen LogP contribution in [0.3, 0.4) is 0 Å². The van der Waals surface area contributed by atoms with Gasteiger partial charge in [-0.05, 0) is 49.7 Å². The van der Waals surface area contributed by atoms with Crippen LogP contribution in [-0.2, 0) is 9.53 Å². The predicted molar refractivity (Wildman–Crippen MR) is 105 cm³/mol. The molecule has 2 aromatic rings. The molecule has 1 fully saturated rings. The third-order valence-electron chi connectivity index (χ3n) is 4.37. The summed E-state index contributed by atoms with van der Waals surface area (Å²) in [7, 11) is 0. The van der Waals surface area contributed by atoms with Crippen molar-refractivity contribution in [2.75, 3.05) is 41.8 Å². The summed E-state index contributed by atoms with van der Waals surface area (Å²) in [5.41, 5.74) is 3.71. The molecule has 7 heteroatoms. The second-order valence-corrected chi connectivity index (χ2v) is 6.65. The average molecular weight is 375 g/mol. The molecule has 0 radical (unpaired) electrons. The van der Waals surface area contributed by atoms with Crippen molar-refractivity contribution in [3.05, 3.63) is 47.2 Å². The van der Waals surface area contributed by atoms with Gasteiger partial charge in [0, 0.05) is 30.7 Å². The molecule has 2 N–H and O–H groups in total. The van der Waals surface area contributed by atoms with Crippen molar-refractivity contribution in [1.29, 1.82) is 0 Å². The van der Waals surface area contributed by atoms with E-state index in [9.17, 15) is 4.79 Å². The molecule has 26 heavy (non-hydrogen) atoms. The Morgan fingerprint density at radius 1 is 1.27 bits per heavy atom. The van der Waals surface area contributed by atoms with Crippen LogP contribution in [0.15, 0.2) is 36.5 Å². The largest absolute Gasteiger partial charge is 0.378 e. The topological polar surface area (TPSA) is 66.5 Å². The molecule has 0 bridgehead atoms. The Morgan fingerprint density at radius 3 is 2.73 bits per heavy atom. The number of nitrogens with one attached hydrogen (secondary N) is 2. The Bertz CT molecular complexity index is 778. The van der Waals surface area contributed by atoms with Crippen molar-refractivity contribution in [2.45, 2.75) is 19.9 Å². The number of morpholine rings is 1. The van der Waals surface area contributed by atoms with Crippen LogP contribution in [0.5, 0.6) is 0 Å². The lowest BCUT2D eigenvalue weighted by Gasteiger charge is -2.29. The number of carbonyl (C=O) groups excluding carboxylic acids is 1. The summed E-state index contributed by atoms with van der Waals surface area (Å²) >= 11 is 5.99. The molecule has 1 amide bonds. The molecule has 6 nitrogen and oxygen atoms in total. The van der Waals surface area contributed by atoms with Gasteiger partial charge in [0.2, 0.25) is 5.91 Å². The number of halogens is 1. The van der Waals surface area contributed by atoms with E-state index in [1.54, 1.807) is 18.3 Å². The molecule has 0 unspecified atom stereocenters. The van der Waals surface area contributed by atoms with Gasteiger partial charge in [-0.1, -0.05) is 11.6 Å². The number of aryl methyl sites for hydroxylation is 1. The standard InChI is InChI=1S/C19H23ClN4O2/c1-13-12-15(24-8-10-26-11-9-24)5-6-16(13)22-14(2)19(25)23-17-4-3-7-21-18(17)20/h3-7,12,14,22H,8-11H2,1-2H3,(H,23,25)/t14-/m0/s1. The van der Waals surface area contributed by atoms with E-state index in [0.29, 0.717) is 5.69 Å². The number of rotatable bonds is 5. The first-order valence-electron chi connectivity index (χ1n) is 8.66. The lowest BCUT2D eigenvalue weighted by atomic mass is 10.1. The normalized spacial score (nSPS) is 15.4. The summed E-state index contributed by atoms with van der Waals surface area (Å²) in [6, 6.07) is 9.26. The van der Waals surface area contributed by atoms with Crippen molar-refractivity contribution in [3.63, 3.8) is 0 Å². The highest BCUT2D eigenvalue weighted by atomic mass is 35.5. The monoisotopic (exact) mass is 374 g/mol.